The monoisotopic (exact) mass is 512 g/mol. The van der Waals surface area contributed by atoms with Crippen molar-refractivity contribution < 1.29 is 9.18 Å². The lowest BCUT2D eigenvalue weighted by molar-refractivity contribution is -0.141. The molecule has 2 aliphatic rings. The van der Waals surface area contributed by atoms with Crippen molar-refractivity contribution in [3.05, 3.63) is 52.1 Å². The van der Waals surface area contributed by atoms with Gasteiger partial charge in [0.05, 0.1) is 17.8 Å². The summed E-state index contributed by atoms with van der Waals surface area (Å²) in [5.74, 6) is 1.39. The summed E-state index contributed by atoms with van der Waals surface area (Å²) in [7, 11) is 2.03. The van der Waals surface area contributed by atoms with E-state index in [1.807, 2.05) is 31.9 Å². The molecule has 0 bridgehead atoms. The molecule has 4 heterocycles. The lowest BCUT2D eigenvalue weighted by Crippen LogP contribution is -2.53. The molecule has 0 aliphatic carbocycles. The molecule has 0 saturated carbocycles. The molecular weight excluding hydrogens is 483 g/mol. The van der Waals surface area contributed by atoms with Gasteiger partial charge in [0.15, 0.2) is 11.6 Å². The highest BCUT2D eigenvalue weighted by atomic mass is 35.5. The number of piperidine rings is 1. The molecule has 11 heteroatoms. The first kappa shape index (κ1) is 24.5. The van der Waals surface area contributed by atoms with E-state index in [2.05, 4.69) is 35.7 Å². The van der Waals surface area contributed by atoms with Crippen molar-refractivity contribution in [1.82, 2.24) is 30.0 Å². The zero-order chi connectivity index (χ0) is 25.4. The highest BCUT2D eigenvalue weighted by Gasteiger charge is 2.35. The summed E-state index contributed by atoms with van der Waals surface area (Å²) in [6, 6.07) is 5.20. The second-order valence-corrected chi connectivity index (χ2v) is 10.2. The Hall–Kier alpha value is -3.24. The number of hydrogen-bond acceptors (Lipinski definition) is 7. The normalized spacial score (nSPS) is 17.2. The molecule has 2 fully saturated rings. The number of amides is 1. The highest BCUT2D eigenvalue weighted by Crippen LogP contribution is 2.34. The first-order chi connectivity index (χ1) is 17.3. The molecule has 1 amide bonds. The third-order valence-corrected chi connectivity index (χ3v) is 7.24. The third kappa shape index (κ3) is 5.15. The number of carbonyl (C=O) groups is 1. The molecule has 2 saturated heterocycles. The van der Waals surface area contributed by atoms with E-state index in [0.29, 0.717) is 35.4 Å². The Morgan fingerprint density at radius 2 is 1.92 bits per heavy atom. The van der Waals surface area contributed by atoms with Crippen molar-refractivity contribution in [2.45, 2.75) is 32.6 Å². The van der Waals surface area contributed by atoms with Gasteiger partial charge in [0.1, 0.15) is 10.8 Å². The second-order valence-electron chi connectivity index (χ2n) is 9.78. The number of nitrogens with one attached hydrogen (secondary N) is 3. The number of aryl methyl sites for hydroxylation is 2. The minimum atomic E-state index is -0.373. The van der Waals surface area contributed by atoms with Gasteiger partial charge in [0, 0.05) is 37.9 Å². The molecule has 0 spiro atoms. The first-order valence-corrected chi connectivity index (χ1v) is 12.5. The van der Waals surface area contributed by atoms with E-state index in [1.165, 1.54) is 6.20 Å². The van der Waals surface area contributed by atoms with Crippen LogP contribution in [0.25, 0.3) is 0 Å². The second kappa shape index (κ2) is 10.0. The number of H-pyrrole nitrogens is 1. The number of hydrogen-bond donors (Lipinski definition) is 3. The van der Waals surface area contributed by atoms with Gasteiger partial charge < -0.3 is 20.4 Å². The van der Waals surface area contributed by atoms with Crippen molar-refractivity contribution >= 4 is 40.8 Å². The predicted molar refractivity (Wildman–Crippen MR) is 138 cm³/mol. The molecule has 0 atom stereocenters. The quantitative estimate of drug-likeness (QED) is 0.451. The fraction of sp³-hybridized carbons (Fsp3) is 0.440. The summed E-state index contributed by atoms with van der Waals surface area (Å²) in [5.41, 5.74) is 3.16. The summed E-state index contributed by atoms with van der Waals surface area (Å²) in [6.07, 6.45) is 3.13. The van der Waals surface area contributed by atoms with Crippen molar-refractivity contribution in [1.29, 1.82) is 0 Å². The average Bonchev–Trinajstić information content (AvgIpc) is 3.25. The van der Waals surface area contributed by atoms with Crippen LogP contribution >= 0.6 is 11.6 Å². The maximum absolute atomic E-state index is 15.2. The van der Waals surface area contributed by atoms with Crippen molar-refractivity contribution in [2.75, 3.05) is 43.9 Å². The number of nitrogens with zero attached hydrogens (tertiary/aromatic N) is 5. The average molecular weight is 513 g/mol. The van der Waals surface area contributed by atoms with Gasteiger partial charge in [0.25, 0.3) is 0 Å². The van der Waals surface area contributed by atoms with E-state index in [1.54, 1.807) is 12.1 Å². The van der Waals surface area contributed by atoms with E-state index in [0.717, 1.165) is 42.8 Å². The van der Waals surface area contributed by atoms with Gasteiger partial charge in [-0.1, -0.05) is 11.6 Å². The topological polar surface area (TPSA) is 102 Å². The van der Waals surface area contributed by atoms with Crippen LogP contribution in [0.2, 0.25) is 5.02 Å². The van der Waals surface area contributed by atoms with E-state index >= 15 is 4.39 Å². The van der Waals surface area contributed by atoms with Gasteiger partial charge in [-0.2, -0.15) is 10.1 Å². The van der Waals surface area contributed by atoms with Crippen LogP contribution in [0.4, 0.5) is 27.7 Å². The Bertz CT molecular complexity index is 1270. The van der Waals surface area contributed by atoms with E-state index in [9.17, 15) is 4.79 Å². The van der Waals surface area contributed by atoms with Crippen LogP contribution in [-0.2, 0) is 4.79 Å². The van der Waals surface area contributed by atoms with Crippen LogP contribution in [0.15, 0.2) is 24.4 Å². The molecule has 190 valence electrons. The molecule has 1 aromatic carbocycles. The molecule has 5 rings (SSSR count). The van der Waals surface area contributed by atoms with Gasteiger partial charge in [-0.25, -0.2) is 9.37 Å². The maximum Gasteiger partial charge on any atom is 0.229 e. The Kier molecular flexibility index (Phi) is 6.81. The summed E-state index contributed by atoms with van der Waals surface area (Å²) >= 11 is 6.23. The summed E-state index contributed by atoms with van der Waals surface area (Å²) in [4.78, 5) is 25.4. The molecule has 3 aromatic rings. The van der Waals surface area contributed by atoms with E-state index in [-0.39, 0.29) is 29.5 Å². The van der Waals surface area contributed by atoms with Gasteiger partial charge >= 0.3 is 0 Å². The van der Waals surface area contributed by atoms with Gasteiger partial charge in [0.2, 0.25) is 11.9 Å². The number of likely N-dealkylation sites (tertiary alicyclic amines) is 2. The standard InChI is InChI=1S/C25H30ClFN8O/c1-14-8-21(29-25-28-11-19(26)23(31-25)30-22-9-15(2)32-33-22)20(27)10-18(14)16-4-6-35(7-5-16)24(36)17-12-34(3)13-17/h8-11,16-17H,4-7,12-13H2,1-3H3,(H3,28,29,30,31,32,33). The fourth-order valence-electron chi connectivity index (χ4n) is 5.00. The summed E-state index contributed by atoms with van der Waals surface area (Å²) < 4.78 is 15.2. The van der Waals surface area contributed by atoms with Gasteiger partial charge in [-0.05, 0) is 62.9 Å². The molecule has 3 N–H and O–H groups in total. The van der Waals surface area contributed by atoms with Gasteiger partial charge in [-0.15, -0.1) is 0 Å². The number of rotatable bonds is 6. The fourth-order valence-corrected chi connectivity index (χ4v) is 5.13. The third-order valence-electron chi connectivity index (χ3n) is 6.96. The number of anilines is 4. The van der Waals surface area contributed by atoms with Crippen LogP contribution in [0.1, 0.15) is 35.6 Å². The summed E-state index contributed by atoms with van der Waals surface area (Å²) in [6.45, 7) is 6.99. The SMILES string of the molecule is Cc1cc(Nc2nc(Nc3cc(C)c(C4CCN(C(=O)C5CN(C)C5)CC4)cc3F)ncc2Cl)n[nH]1. The molecule has 36 heavy (non-hydrogen) atoms. The largest absolute Gasteiger partial charge is 0.342 e. The lowest BCUT2D eigenvalue weighted by atomic mass is 9.86. The molecular formula is C25H30ClFN8O. The maximum atomic E-state index is 15.2. The Morgan fingerprint density at radius 1 is 1.17 bits per heavy atom. The van der Waals surface area contributed by atoms with Crippen LogP contribution in [0, 0.1) is 25.6 Å². The number of benzene rings is 1. The van der Waals surface area contributed by atoms with E-state index < -0.39 is 0 Å². The minimum Gasteiger partial charge on any atom is -0.342 e. The Labute approximate surface area is 214 Å². The molecule has 2 aromatic heterocycles. The van der Waals surface area contributed by atoms with Crippen LogP contribution in [-0.4, -0.2) is 69.1 Å². The van der Waals surface area contributed by atoms with Crippen molar-refractivity contribution in [3.8, 4) is 0 Å². The zero-order valence-electron chi connectivity index (χ0n) is 20.6. The first-order valence-electron chi connectivity index (χ1n) is 12.1. The van der Waals surface area contributed by atoms with Crippen LogP contribution in [0.5, 0.6) is 0 Å². The minimum absolute atomic E-state index is 0.130. The Balaban J connectivity index is 1.25. The van der Waals surface area contributed by atoms with Gasteiger partial charge in [-0.3, -0.25) is 9.89 Å². The van der Waals surface area contributed by atoms with Crippen molar-refractivity contribution in [3.63, 3.8) is 0 Å². The molecule has 2 aliphatic heterocycles. The molecule has 0 radical (unpaired) electrons. The number of carbonyl (C=O) groups excluding carboxylic acids is 1. The van der Waals surface area contributed by atoms with Crippen molar-refractivity contribution in [2.24, 2.45) is 5.92 Å². The number of aromatic amines is 1. The highest BCUT2D eigenvalue weighted by molar-refractivity contribution is 6.32. The smallest absolute Gasteiger partial charge is 0.229 e. The number of aromatic nitrogens is 4. The molecule has 9 nitrogen and oxygen atoms in total. The van der Waals surface area contributed by atoms with E-state index in [4.69, 9.17) is 11.6 Å². The van der Waals surface area contributed by atoms with Crippen LogP contribution in [0.3, 0.4) is 0 Å². The summed E-state index contributed by atoms with van der Waals surface area (Å²) in [5, 5.41) is 13.3. The predicted octanol–water partition coefficient (Wildman–Crippen LogP) is 4.36. The van der Waals surface area contributed by atoms with Crippen LogP contribution < -0.4 is 10.6 Å². The zero-order valence-corrected chi connectivity index (χ0v) is 21.4. The number of halogens is 2. The lowest BCUT2D eigenvalue weighted by Gasteiger charge is -2.40. The molecule has 0 unspecified atom stereocenters. The Morgan fingerprint density at radius 3 is 2.58 bits per heavy atom.